The SMILES string of the molecule is COC(=O)[C@@H](Nc1nc(CNC(=O)/C=C/c2ccccc2)nc2ccccc12)C(C)C. The number of fused-ring (bicyclic) bond motifs is 1. The first-order chi connectivity index (χ1) is 15.0. The summed E-state index contributed by atoms with van der Waals surface area (Å²) in [7, 11) is 1.36. The van der Waals surface area contributed by atoms with Crippen molar-refractivity contribution in [3.05, 3.63) is 72.1 Å². The summed E-state index contributed by atoms with van der Waals surface area (Å²) in [6, 6.07) is 16.5. The van der Waals surface area contributed by atoms with Gasteiger partial charge in [0.25, 0.3) is 0 Å². The third-order valence-electron chi connectivity index (χ3n) is 4.71. The van der Waals surface area contributed by atoms with E-state index in [1.54, 1.807) is 6.08 Å². The molecule has 3 rings (SSSR count). The summed E-state index contributed by atoms with van der Waals surface area (Å²) in [6.45, 7) is 4.01. The maximum Gasteiger partial charge on any atom is 0.328 e. The number of methoxy groups -OCH3 is 1. The molecular formula is C24H26N4O3. The normalized spacial score (nSPS) is 12.1. The average molecular weight is 418 g/mol. The number of rotatable bonds is 8. The Balaban J connectivity index is 1.79. The second-order valence-corrected chi connectivity index (χ2v) is 7.36. The van der Waals surface area contributed by atoms with E-state index in [9.17, 15) is 9.59 Å². The Morgan fingerprint density at radius 3 is 2.45 bits per heavy atom. The van der Waals surface area contributed by atoms with Crippen LogP contribution in [0.3, 0.4) is 0 Å². The molecule has 0 aliphatic rings. The molecule has 0 fully saturated rings. The second-order valence-electron chi connectivity index (χ2n) is 7.36. The van der Waals surface area contributed by atoms with Crippen LogP contribution in [0.2, 0.25) is 0 Å². The number of carbonyl (C=O) groups is 2. The zero-order chi connectivity index (χ0) is 22.2. The minimum absolute atomic E-state index is 0.00699. The number of amides is 1. The van der Waals surface area contributed by atoms with Crippen LogP contribution in [0.1, 0.15) is 25.2 Å². The molecule has 7 heteroatoms. The summed E-state index contributed by atoms with van der Waals surface area (Å²) in [5.41, 5.74) is 1.66. The summed E-state index contributed by atoms with van der Waals surface area (Å²) in [5, 5.41) is 6.78. The smallest absolute Gasteiger partial charge is 0.328 e. The zero-order valence-electron chi connectivity index (χ0n) is 17.8. The van der Waals surface area contributed by atoms with Gasteiger partial charge in [-0.1, -0.05) is 56.3 Å². The number of esters is 1. The minimum atomic E-state index is -0.556. The van der Waals surface area contributed by atoms with Crippen LogP contribution < -0.4 is 10.6 Å². The van der Waals surface area contributed by atoms with E-state index in [-0.39, 0.29) is 24.3 Å². The highest BCUT2D eigenvalue weighted by atomic mass is 16.5. The van der Waals surface area contributed by atoms with E-state index < -0.39 is 6.04 Å². The molecule has 1 amide bonds. The van der Waals surface area contributed by atoms with Crippen LogP contribution in [0, 0.1) is 5.92 Å². The predicted molar refractivity (Wildman–Crippen MR) is 121 cm³/mol. The van der Waals surface area contributed by atoms with E-state index >= 15 is 0 Å². The van der Waals surface area contributed by atoms with Crippen LogP contribution in [-0.2, 0) is 20.9 Å². The third kappa shape index (κ3) is 5.88. The Hall–Kier alpha value is -3.74. The van der Waals surface area contributed by atoms with Crippen LogP contribution in [0.15, 0.2) is 60.7 Å². The summed E-state index contributed by atoms with van der Waals surface area (Å²) in [4.78, 5) is 33.5. The molecular weight excluding hydrogens is 392 g/mol. The Labute approximate surface area is 181 Å². The molecule has 0 spiro atoms. The fourth-order valence-electron chi connectivity index (χ4n) is 3.05. The van der Waals surface area contributed by atoms with Gasteiger partial charge in [0.2, 0.25) is 5.91 Å². The highest BCUT2D eigenvalue weighted by Gasteiger charge is 2.24. The average Bonchev–Trinajstić information content (AvgIpc) is 2.79. The lowest BCUT2D eigenvalue weighted by molar-refractivity contribution is -0.142. The molecule has 0 aliphatic heterocycles. The van der Waals surface area contributed by atoms with E-state index in [1.807, 2.05) is 68.4 Å². The van der Waals surface area contributed by atoms with Gasteiger partial charge < -0.3 is 15.4 Å². The summed E-state index contributed by atoms with van der Waals surface area (Å²) >= 11 is 0. The van der Waals surface area contributed by atoms with Gasteiger partial charge in [0.05, 0.1) is 19.2 Å². The number of ether oxygens (including phenoxy) is 1. The highest BCUT2D eigenvalue weighted by Crippen LogP contribution is 2.22. The van der Waals surface area contributed by atoms with Gasteiger partial charge in [0.15, 0.2) is 5.82 Å². The quantitative estimate of drug-likeness (QED) is 0.429. The third-order valence-corrected chi connectivity index (χ3v) is 4.71. The van der Waals surface area contributed by atoms with Crippen LogP contribution >= 0.6 is 0 Å². The van der Waals surface area contributed by atoms with Gasteiger partial charge in [-0.3, -0.25) is 4.79 Å². The molecule has 1 aromatic heterocycles. The summed E-state index contributed by atoms with van der Waals surface area (Å²) in [6.07, 6.45) is 3.22. The maximum atomic E-state index is 12.2. The molecule has 0 radical (unpaired) electrons. The van der Waals surface area contributed by atoms with Crippen LogP contribution in [-0.4, -0.2) is 35.0 Å². The molecule has 31 heavy (non-hydrogen) atoms. The molecule has 3 aromatic rings. The zero-order valence-corrected chi connectivity index (χ0v) is 17.8. The van der Waals surface area contributed by atoms with E-state index in [4.69, 9.17) is 4.74 Å². The lowest BCUT2D eigenvalue weighted by atomic mass is 10.0. The maximum absolute atomic E-state index is 12.2. The van der Waals surface area contributed by atoms with Crippen LogP contribution in [0.5, 0.6) is 0 Å². The second kappa shape index (κ2) is 10.3. The monoisotopic (exact) mass is 418 g/mol. The number of hydrogen-bond acceptors (Lipinski definition) is 6. The molecule has 0 aliphatic carbocycles. The predicted octanol–water partition coefficient (Wildman–Crippen LogP) is 3.57. The number of nitrogens with one attached hydrogen (secondary N) is 2. The molecule has 7 nitrogen and oxygen atoms in total. The number of benzene rings is 2. The van der Waals surface area contributed by atoms with E-state index in [2.05, 4.69) is 20.6 Å². The summed E-state index contributed by atoms with van der Waals surface area (Å²) < 4.78 is 4.92. The number of anilines is 1. The van der Waals surface area contributed by atoms with E-state index in [1.165, 1.54) is 13.2 Å². The Morgan fingerprint density at radius 1 is 1.03 bits per heavy atom. The fourth-order valence-corrected chi connectivity index (χ4v) is 3.05. The molecule has 0 saturated carbocycles. The van der Waals surface area contributed by atoms with Crippen molar-refractivity contribution in [1.29, 1.82) is 0 Å². The van der Waals surface area contributed by atoms with Gasteiger partial charge in [-0.25, -0.2) is 14.8 Å². The highest BCUT2D eigenvalue weighted by molar-refractivity contribution is 5.92. The van der Waals surface area contributed by atoms with Crippen LogP contribution in [0.4, 0.5) is 5.82 Å². The van der Waals surface area contributed by atoms with E-state index in [0.717, 1.165) is 16.5 Å². The van der Waals surface area contributed by atoms with Crippen molar-refractivity contribution in [1.82, 2.24) is 15.3 Å². The number of aromatic nitrogens is 2. The number of hydrogen-bond donors (Lipinski definition) is 2. The summed E-state index contributed by atoms with van der Waals surface area (Å²) in [5.74, 6) is 0.351. The van der Waals surface area contributed by atoms with Crippen molar-refractivity contribution in [3.63, 3.8) is 0 Å². The lowest BCUT2D eigenvalue weighted by Crippen LogP contribution is -2.36. The van der Waals surface area contributed by atoms with Crippen molar-refractivity contribution in [2.24, 2.45) is 5.92 Å². The van der Waals surface area contributed by atoms with Gasteiger partial charge in [-0.2, -0.15) is 0 Å². The molecule has 0 bridgehead atoms. The number of nitrogens with zero attached hydrogens (tertiary/aromatic N) is 2. The van der Waals surface area contributed by atoms with Crippen molar-refractivity contribution in [3.8, 4) is 0 Å². The first-order valence-corrected chi connectivity index (χ1v) is 10.1. The van der Waals surface area contributed by atoms with Crippen molar-refractivity contribution >= 4 is 34.7 Å². The first-order valence-electron chi connectivity index (χ1n) is 10.1. The molecule has 160 valence electrons. The van der Waals surface area contributed by atoms with Crippen molar-refractivity contribution in [2.75, 3.05) is 12.4 Å². The van der Waals surface area contributed by atoms with Gasteiger partial charge in [0.1, 0.15) is 11.9 Å². The van der Waals surface area contributed by atoms with Gasteiger partial charge in [0, 0.05) is 11.5 Å². The fraction of sp³-hybridized carbons (Fsp3) is 0.250. The lowest BCUT2D eigenvalue weighted by Gasteiger charge is -2.21. The van der Waals surface area contributed by atoms with Crippen LogP contribution in [0.25, 0.3) is 17.0 Å². The van der Waals surface area contributed by atoms with Gasteiger partial charge in [-0.05, 0) is 29.7 Å². The first kappa shape index (κ1) is 22.0. The molecule has 2 N–H and O–H groups in total. The van der Waals surface area contributed by atoms with E-state index in [0.29, 0.717) is 11.6 Å². The Bertz CT molecular complexity index is 1080. The Kier molecular flexibility index (Phi) is 7.32. The topological polar surface area (TPSA) is 93.2 Å². The number of carbonyl (C=O) groups excluding carboxylic acids is 2. The Morgan fingerprint density at radius 2 is 1.74 bits per heavy atom. The van der Waals surface area contributed by atoms with Gasteiger partial charge in [-0.15, -0.1) is 0 Å². The molecule has 1 atom stereocenters. The molecule has 0 unspecified atom stereocenters. The molecule has 1 heterocycles. The standard InChI is InChI=1S/C24H26N4O3/c1-16(2)22(24(30)31-3)28-23-18-11-7-8-12-19(18)26-20(27-23)15-25-21(29)14-13-17-9-5-4-6-10-17/h4-14,16,22H,15H2,1-3H3,(H,25,29)(H,26,27,28)/b14-13+/t22-/m0/s1. The molecule has 0 saturated heterocycles. The van der Waals surface area contributed by atoms with Gasteiger partial charge >= 0.3 is 5.97 Å². The minimum Gasteiger partial charge on any atom is -0.467 e. The van der Waals surface area contributed by atoms with Crippen molar-refractivity contribution < 1.29 is 14.3 Å². The number of para-hydroxylation sites is 1. The molecule has 2 aromatic carbocycles. The van der Waals surface area contributed by atoms with Crippen molar-refractivity contribution in [2.45, 2.75) is 26.4 Å². The largest absolute Gasteiger partial charge is 0.467 e.